The fraction of sp³-hybridized carbons (Fsp3) is 0.300. The number of hydrogen-bond acceptors (Lipinski definition) is 7. The molecule has 2 aromatic rings. The molecular weight excluding hydrogens is 366 g/mol. The molecule has 0 aliphatic carbocycles. The number of ether oxygens (including phenoxy) is 5. The van der Waals surface area contributed by atoms with Crippen molar-refractivity contribution in [3.63, 3.8) is 0 Å². The van der Waals surface area contributed by atoms with Gasteiger partial charge in [0.05, 0.1) is 34.0 Å². The highest BCUT2D eigenvalue weighted by atomic mass is 16.5. The second kappa shape index (κ2) is 10.1. The van der Waals surface area contributed by atoms with Crippen LogP contribution in [0.2, 0.25) is 0 Å². The minimum atomic E-state index is -0.684. The van der Waals surface area contributed by atoms with E-state index in [2.05, 4.69) is 5.32 Å². The number of carbonyl (C=O) groups excluding carboxylic acids is 2. The standard InChI is InChI=1S/C20H23NO7/c1-24-15-7-5-6-13(8-15)11-21-18(22)12-28-20(23)14-9-16(25-2)19(27-4)17(10-14)26-3/h5-10H,11-12H2,1-4H3,(H,21,22). The first kappa shape index (κ1) is 20.9. The Morgan fingerprint density at radius 3 is 2.14 bits per heavy atom. The van der Waals surface area contributed by atoms with Crippen molar-refractivity contribution in [3.8, 4) is 23.0 Å². The van der Waals surface area contributed by atoms with E-state index in [1.165, 1.54) is 33.5 Å². The van der Waals surface area contributed by atoms with E-state index in [9.17, 15) is 9.59 Å². The summed E-state index contributed by atoms with van der Waals surface area (Å²) in [6.07, 6.45) is 0. The van der Waals surface area contributed by atoms with Gasteiger partial charge in [-0.05, 0) is 29.8 Å². The number of methoxy groups -OCH3 is 4. The van der Waals surface area contributed by atoms with Crippen molar-refractivity contribution in [2.75, 3.05) is 35.0 Å². The summed E-state index contributed by atoms with van der Waals surface area (Å²) >= 11 is 0. The molecule has 0 aromatic heterocycles. The molecule has 8 nitrogen and oxygen atoms in total. The van der Waals surface area contributed by atoms with Gasteiger partial charge in [-0.25, -0.2) is 4.79 Å². The maximum atomic E-state index is 12.3. The van der Waals surface area contributed by atoms with Crippen molar-refractivity contribution in [1.82, 2.24) is 5.32 Å². The Balaban J connectivity index is 1.94. The molecular formula is C20H23NO7. The Kier molecular flexibility index (Phi) is 7.50. The average molecular weight is 389 g/mol. The highest BCUT2D eigenvalue weighted by Crippen LogP contribution is 2.38. The third-order valence-corrected chi connectivity index (χ3v) is 3.86. The van der Waals surface area contributed by atoms with E-state index in [0.29, 0.717) is 23.0 Å². The number of rotatable bonds is 9. The summed E-state index contributed by atoms with van der Waals surface area (Å²) in [7, 11) is 5.92. The quantitative estimate of drug-likeness (QED) is 0.657. The van der Waals surface area contributed by atoms with Gasteiger partial charge in [-0.1, -0.05) is 12.1 Å². The molecule has 2 rings (SSSR count). The molecule has 0 fully saturated rings. The van der Waals surface area contributed by atoms with Gasteiger partial charge in [0.2, 0.25) is 5.75 Å². The summed E-state index contributed by atoms with van der Waals surface area (Å²) in [6.45, 7) is -0.128. The van der Waals surface area contributed by atoms with Gasteiger partial charge in [0.1, 0.15) is 5.75 Å². The van der Waals surface area contributed by atoms with Crippen LogP contribution in [-0.4, -0.2) is 46.9 Å². The molecule has 28 heavy (non-hydrogen) atoms. The molecule has 1 amide bonds. The number of nitrogens with one attached hydrogen (secondary N) is 1. The van der Waals surface area contributed by atoms with Crippen LogP contribution < -0.4 is 24.3 Å². The number of benzene rings is 2. The predicted octanol–water partition coefficient (Wildman–Crippen LogP) is 2.19. The van der Waals surface area contributed by atoms with E-state index in [1.54, 1.807) is 7.11 Å². The first-order valence-electron chi connectivity index (χ1n) is 8.39. The van der Waals surface area contributed by atoms with Gasteiger partial charge in [-0.15, -0.1) is 0 Å². The van der Waals surface area contributed by atoms with Crippen molar-refractivity contribution < 1.29 is 33.3 Å². The van der Waals surface area contributed by atoms with Gasteiger partial charge in [0.15, 0.2) is 18.1 Å². The van der Waals surface area contributed by atoms with Gasteiger partial charge in [-0.3, -0.25) is 4.79 Å². The summed E-state index contributed by atoms with van der Waals surface area (Å²) in [5, 5.41) is 2.68. The Morgan fingerprint density at radius 1 is 0.893 bits per heavy atom. The predicted molar refractivity (Wildman–Crippen MR) is 101 cm³/mol. The first-order chi connectivity index (χ1) is 13.5. The Hall–Kier alpha value is -3.42. The van der Waals surface area contributed by atoms with Gasteiger partial charge < -0.3 is 29.0 Å². The highest BCUT2D eigenvalue weighted by molar-refractivity contribution is 5.92. The lowest BCUT2D eigenvalue weighted by Crippen LogP contribution is -2.28. The summed E-state index contributed by atoms with van der Waals surface area (Å²) in [5.41, 5.74) is 1.04. The summed E-state index contributed by atoms with van der Waals surface area (Å²) < 4.78 is 25.8. The highest BCUT2D eigenvalue weighted by Gasteiger charge is 2.18. The molecule has 0 saturated heterocycles. The number of hydrogen-bond donors (Lipinski definition) is 1. The minimum absolute atomic E-state index is 0.176. The molecule has 2 aromatic carbocycles. The van der Waals surface area contributed by atoms with Crippen molar-refractivity contribution in [2.45, 2.75) is 6.54 Å². The zero-order valence-corrected chi connectivity index (χ0v) is 16.2. The number of carbonyl (C=O) groups is 2. The molecule has 0 atom stereocenters. The zero-order chi connectivity index (χ0) is 20.5. The van der Waals surface area contributed by atoms with E-state index in [0.717, 1.165) is 5.56 Å². The Bertz CT molecular complexity index is 810. The number of esters is 1. The summed E-state index contributed by atoms with van der Waals surface area (Å²) in [4.78, 5) is 24.2. The van der Waals surface area contributed by atoms with E-state index in [1.807, 2.05) is 24.3 Å². The molecule has 0 aliphatic rings. The maximum absolute atomic E-state index is 12.3. The molecule has 0 bridgehead atoms. The molecule has 0 saturated carbocycles. The van der Waals surface area contributed by atoms with Crippen LogP contribution in [0.25, 0.3) is 0 Å². The first-order valence-corrected chi connectivity index (χ1v) is 8.39. The monoisotopic (exact) mass is 389 g/mol. The van der Waals surface area contributed by atoms with Crippen molar-refractivity contribution in [1.29, 1.82) is 0 Å². The SMILES string of the molecule is COc1cccc(CNC(=O)COC(=O)c2cc(OC)c(OC)c(OC)c2)c1. The second-order valence-corrected chi connectivity index (χ2v) is 5.62. The topological polar surface area (TPSA) is 92.3 Å². The van der Waals surface area contributed by atoms with E-state index < -0.39 is 18.5 Å². The number of amides is 1. The van der Waals surface area contributed by atoms with E-state index in [-0.39, 0.29) is 12.1 Å². The van der Waals surface area contributed by atoms with Crippen molar-refractivity contribution >= 4 is 11.9 Å². The fourth-order valence-corrected chi connectivity index (χ4v) is 2.45. The average Bonchev–Trinajstić information content (AvgIpc) is 2.74. The lowest BCUT2D eigenvalue weighted by atomic mass is 10.2. The van der Waals surface area contributed by atoms with Crippen LogP contribution in [0.1, 0.15) is 15.9 Å². The van der Waals surface area contributed by atoms with Crippen LogP contribution in [0, 0.1) is 0 Å². The molecule has 150 valence electrons. The van der Waals surface area contributed by atoms with Crippen LogP contribution >= 0.6 is 0 Å². The zero-order valence-electron chi connectivity index (χ0n) is 16.2. The smallest absolute Gasteiger partial charge is 0.338 e. The maximum Gasteiger partial charge on any atom is 0.338 e. The molecule has 8 heteroatoms. The van der Waals surface area contributed by atoms with Crippen LogP contribution in [0.15, 0.2) is 36.4 Å². The van der Waals surface area contributed by atoms with Gasteiger partial charge in [0.25, 0.3) is 5.91 Å². The molecule has 0 heterocycles. The van der Waals surface area contributed by atoms with Gasteiger partial charge in [0, 0.05) is 6.54 Å². The summed E-state index contributed by atoms with van der Waals surface area (Å²) in [6, 6.07) is 10.2. The lowest BCUT2D eigenvalue weighted by Gasteiger charge is -2.13. The molecule has 1 N–H and O–H groups in total. The van der Waals surface area contributed by atoms with Crippen LogP contribution in [0.3, 0.4) is 0 Å². The van der Waals surface area contributed by atoms with E-state index >= 15 is 0 Å². The minimum Gasteiger partial charge on any atom is -0.497 e. The normalized spacial score (nSPS) is 10.0. The Labute approximate surface area is 163 Å². The van der Waals surface area contributed by atoms with Crippen LogP contribution in [0.5, 0.6) is 23.0 Å². The third kappa shape index (κ3) is 5.29. The molecule has 0 spiro atoms. The largest absolute Gasteiger partial charge is 0.497 e. The van der Waals surface area contributed by atoms with Gasteiger partial charge in [-0.2, -0.15) is 0 Å². The van der Waals surface area contributed by atoms with Crippen LogP contribution in [0.4, 0.5) is 0 Å². The van der Waals surface area contributed by atoms with Crippen molar-refractivity contribution in [3.05, 3.63) is 47.5 Å². The Morgan fingerprint density at radius 2 is 1.57 bits per heavy atom. The lowest BCUT2D eigenvalue weighted by molar-refractivity contribution is -0.124. The van der Waals surface area contributed by atoms with Gasteiger partial charge >= 0.3 is 5.97 Å². The summed E-state index contributed by atoms with van der Waals surface area (Å²) in [5.74, 6) is 0.574. The fourth-order valence-electron chi connectivity index (χ4n) is 2.45. The van der Waals surface area contributed by atoms with E-state index in [4.69, 9.17) is 23.7 Å². The second-order valence-electron chi connectivity index (χ2n) is 5.62. The molecule has 0 radical (unpaired) electrons. The molecule has 0 unspecified atom stereocenters. The van der Waals surface area contributed by atoms with Crippen LogP contribution in [-0.2, 0) is 16.1 Å². The van der Waals surface area contributed by atoms with Crippen molar-refractivity contribution in [2.24, 2.45) is 0 Å². The molecule has 0 aliphatic heterocycles. The third-order valence-electron chi connectivity index (χ3n) is 3.86.